The first-order chi connectivity index (χ1) is 15.5. The van der Waals surface area contributed by atoms with Crippen molar-refractivity contribution >= 4 is 29.1 Å². The first-order valence-electron chi connectivity index (χ1n) is 10.7. The molecular formula is C24H28N4O4. The molecule has 8 nitrogen and oxygen atoms in total. The van der Waals surface area contributed by atoms with Gasteiger partial charge in [0.25, 0.3) is 0 Å². The van der Waals surface area contributed by atoms with E-state index in [4.69, 9.17) is 4.74 Å². The van der Waals surface area contributed by atoms with Gasteiger partial charge in [-0.15, -0.1) is 0 Å². The molecule has 0 bridgehead atoms. The lowest BCUT2D eigenvalue weighted by molar-refractivity contribution is -0.138. The molecule has 0 radical (unpaired) electrons. The van der Waals surface area contributed by atoms with Crippen molar-refractivity contribution in [3.63, 3.8) is 0 Å². The molecule has 0 aromatic heterocycles. The van der Waals surface area contributed by atoms with E-state index in [2.05, 4.69) is 10.4 Å². The zero-order chi connectivity index (χ0) is 22.9. The van der Waals surface area contributed by atoms with E-state index in [1.54, 1.807) is 31.2 Å². The fraction of sp³-hybridized carbons (Fsp3) is 0.333. The molecule has 32 heavy (non-hydrogen) atoms. The van der Waals surface area contributed by atoms with E-state index in [9.17, 15) is 14.4 Å². The number of benzene rings is 2. The molecule has 0 saturated carbocycles. The van der Waals surface area contributed by atoms with Gasteiger partial charge < -0.3 is 15.0 Å². The maximum Gasteiger partial charge on any atom is 0.244 e. The molecule has 1 heterocycles. The standard InChI is InChI=1S/C24H28N4O4/c1-3-27(17-22(29)25-20-11-7-8-12-21(20)32-2)23(30)13-14-24(31)28-16-15-19(26-28)18-9-5-4-6-10-18/h4-12H,3,13-17H2,1-2H3,(H,25,29). The van der Waals surface area contributed by atoms with Crippen molar-refractivity contribution < 1.29 is 19.1 Å². The van der Waals surface area contributed by atoms with Gasteiger partial charge >= 0.3 is 0 Å². The Morgan fingerprint density at radius 3 is 2.50 bits per heavy atom. The summed E-state index contributed by atoms with van der Waals surface area (Å²) in [5.74, 6) is -0.226. The van der Waals surface area contributed by atoms with Gasteiger partial charge in [0.2, 0.25) is 17.7 Å². The molecule has 0 spiro atoms. The smallest absolute Gasteiger partial charge is 0.244 e. The second kappa shape index (κ2) is 11.1. The topological polar surface area (TPSA) is 91.3 Å². The average Bonchev–Trinajstić information content (AvgIpc) is 3.32. The van der Waals surface area contributed by atoms with Crippen molar-refractivity contribution in [3.8, 4) is 5.75 Å². The minimum absolute atomic E-state index is 0.0291. The monoisotopic (exact) mass is 436 g/mol. The van der Waals surface area contributed by atoms with Crippen molar-refractivity contribution in [3.05, 3.63) is 60.2 Å². The molecule has 0 saturated heterocycles. The van der Waals surface area contributed by atoms with Crippen LogP contribution in [0.4, 0.5) is 5.69 Å². The molecule has 0 atom stereocenters. The van der Waals surface area contributed by atoms with Crippen LogP contribution in [0.25, 0.3) is 0 Å². The van der Waals surface area contributed by atoms with Gasteiger partial charge in [-0.25, -0.2) is 5.01 Å². The number of hydrogen-bond donors (Lipinski definition) is 1. The van der Waals surface area contributed by atoms with E-state index in [0.717, 1.165) is 11.3 Å². The summed E-state index contributed by atoms with van der Waals surface area (Å²) in [5.41, 5.74) is 2.41. The zero-order valence-corrected chi connectivity index (χ0v) is 18.4. The zero-order valence-electron chi connectivity index (χ0n) is 18.4. The molecule has 0 fully saturated rings. The number of carbonyl (C=O) groups excluding carboxylic acids is 3. The van der Waals surface area contributed by atoms with Crippen molar-refractivity contribution in [2.75, 3.05) is 32.1 Å². The van der Waals surface area contributed by atoms with Crippen LogP contribution in [0.5, 0.6) is 5.75 Å². The number of ether oxygens (including phenoxy) is 1. The fourth-order valence-electron chi connectivity index (χ4n) is 3.46. The van der Waals surface area contributed by atoms with Crippen LogP contribution in [0.1, 0.15) is 31.7 Å². The summed E-state index contributed by atoms with van der Waals surface area (Å²) >= 11 is 0. The van der Waals surface area contributed by atoms with Crippen LogP contribution in [0.3, 0.4) is 0 Å². The van der Waals surface area contributed by atoms with Crippen LogP contribution in [-0.4, -0.2) is 60.1 Å². The number of nitrogens with zero attached hydrogens (tertiary/aromatic N) is 3. The molecule has 3 rings (SSSR count). The fourth-order valence-corrected chi connectivity index (χ4v) is 3.46. The van der Waals surface area contributed by atoms with E-state index in [0.29, 0.717) is 30.9 Å². The third-order valence-electron chi connectivity index (χ3n) is 5.20. The summed E-state index contributed by atoms with van der Waals surface area (Å²) in [6.07, 6.45) is 0.768. The van der Waals surface area contributed by atoms with Crippen LogP contribution < -0.4 is 10.1 Å². The van der Waals surface area contributed by atoms with Gasteiger partial charge in [0, 0.05) is 25.8 Å². The van der Waals surface area contributed by atoms with Crippen LogP contribution in [-0.2, 0) is 14.4 Å². The number of para-hydroxylation sites is 2. The van der Waals surface area contributed by atoms with Crippen molar-refractivity contribution in [2.24, 2.45) is 5.10 Å². The van der Waals surface area contributed by atoms with Crippen LogP contribution in [0, 0.1) is 0 Å². The normalized spacial score (nSPS) is 12.8. The summed E-state index contributed by atoms with van der Waals surface area (Å²) in [4.78, 5) is 39.0. The average molecular weight is 437 g/mol. The highest BCUT2D eigenvalue weighted by Gasteiger charge is 2.23. The molecule has 0 aliphatic carbocycles. The third-order valence-corrected chi connectivity index (χ3v) is 5.20. The van der Waals surface area contributed by atoms with Crippen molar-refractivity contribution in [1.29, 1.82) is 0 Å². The predicted molar refractivity (Wildman–Crippen MR) is 122 cm³/mol. The van der Waals surface area contributed by atoms with E-state index < -0.39 is 0 Å². The SMILES string of the molecule is CCN(CC(=O)Nc1ccccc1OC)C(=O)CCC(=O)N1CCC(c2ccccc2)=N1. The Morgan fingerprint density at radius 2 is 1.78 bits per heavy atom. The molecule has 1 aliphatic heterocycles. The number of likely N-dealkylation sites (N-methyl/N-ethyl adjacent to an activating group) is 1. The number of methoxy groups -OCH3 is 1. The van der Waals surface area contributed by atoms with Gasteiger partial charge in [0.1, 0.15) is 5.75 Å². The Balaban J connectivity index is 1.50. The Kier molecular flexibility index (Phi) is 7.96. The molecule has 1 N–H and O–H groups in total. The summed E-state index contributed by atoms with van der Waals surface area (Å²) in [6, 6.07) is 16.8. The Bertz CT molecular complexity index is 991. The largest absolute Gasteiger partial charge is 0.495 e. The summed E-state index contributed by atoms with van der Waals surface area (Å²) in [6.45, 7) is 2.58. The molecular weight excluding hydrogens is 408 g/mol. The number of hydrazone groups is 1. The van der Waals surface area contributed by atoms with Gasteiger partial charge in [0.15, 0.2) is 0 Å². The highest BCUT2D eigenvalue weighted by Crippen LogP contribution is 2.23. The molecule has 2 aromatic rings. The first-order valence-corrected chi connectivity index (χ1v) is 10.7. The number of rotatable bonds is 9. The number of amides is 3. The molecule has 0 unspecified atom stereocenters. The summed E-state index contributed by atoms with van der Waals surface area (Å²) in [5, 5.41) is 8.60. The number of nitrogens with one attached hydrogen (secondary N) is 1. The lowest BCUT2D eigenvalue weighted by Gasteiger charge is -2.21. The number of anilines is 1. The highest BCUT2D eigenvalue weighted by molar-refractivity contribution is 6.02. The van der Waals surface area contributed by atoms with Crippen LogP contribution in [0.15, 0.2) is 59.7 Å². The van der Waals surface area contributed by atoms with Gasteiger partial charge in [-0.2, -0.15) is 5.10 Å². The van der Waals surface area contributed by atoms with Gasteiger partial charge in [-0.3, -0.25) is 14.4 Å². The second-order valence-electron chi connectivity index (χ2n) is 7.34. The number of hydrogen-bond acceptors (Lipinski definition) is 5. The maximum atomic E-state index is 12.6. The maximum absolute atomic E-state index is 12.6. The molecule has 168 valence electrons. The van der Waals surface area contributed by atoms with Gasteiger partial charge in [-0.1, -0.05) is 42.5 Å². The molecule has 3 amide bonds. The lowest BCUT2D eigenvalue weighted by atomic mass is 10.1. The molecule has 2 aromatic carbocycles. The Hall–Kier alpha value is -3.68. The molecule has 8 heteroatoms. The first kappa shape index (κ1) is 23.0. The Labute approximate surface area is 187 Å². The van der Waals surface area contributed by atoms with E-state index >= 15 is 0 Å². The van der Waals surface area contributed by atoms with Gasteiger partial charge in [0.05, 0.1) is 31.6 Å². The van der Waals surface area contributed by atoms with E-state index in [1.807, 2.05) is 30.3 Å². The van der Waals surface area contributed by atoms with Crippen LogP contribution in [0.2, 0.25) is 0 Å². The summed E-state index contributed by atoms with van der Waals surface area (Å²) < 4.78 is 5.23. The highest BCUT2D eigenvalue weighted by atomic mass is 16.5. The quantitative estimate of drug-likeness (QED) is 0.654. The minimum Gasteiger partial charge on any atom is -0.495 e. The van der Waals surface area contributed by atoms with Gasteiger partial charge in [-0.05, 0) is 24.6 Å². The van der Waals surface area contributed by atoms with Crippen molar-refractivity contribution in [1.82, 2.24) is 9.91 Å². The predicted octanol–water partition coefficient (Wildman–Crippen LogP) is 2.90. The van der Waals surface area contributed by atoms with E-state index in [-0.39, 0.29) is 37.1 Å². The number of carbonyl (C=O) groups is 3. The lowest BCUT2D eigenvalue weighted by Crippen LogP contribution is -2.38. The van der Waals surface area contributed by atoms with E-state index in [1.165, 1.54) is 17.0 Å². The molecule has 1 aliphatic rings. The minimum atomic E-state index is -0.326. The summed E-state index contributed by atoms with van der Waals surface area (Å²) in [7, 11) is 1.52. The van der Waals surface area contributed by atoms with Crippen LogP contribution >= 0.6 is 0 Å². The third kappa shape index (κ3) is 5.94. The Morgan fingerprint density at radius 1 is 1.06 bits per heavy atom. The van der Waals surface area contributed by atoms with Crippen molar-refractivity contribution in [2.45, 2.75) is 26.2 Å². The second-order valence-corrected chi connectivity index (χ2v) is 7.34.